The molecule has 0 N–H and O–H groups in total. The largest absolute Gasteiger partial charge is 0.125 e. The van der Waals surface area contributed by atoms with Gasteiger partial charge >= 0.3 is 0 Å². The highest BCUT2D eigenvalue weighted by molar-refractivity contribution is 9.09. The van der Waals surface area contributed by atoms with Crippen LogP contribution in [0.2, 0.25) is 0 Å². The zero-order valence-electron chi connectivity index (χ0n) is 10.9. The summed E-state index contributed by atoms with van der Waals surface area (Å²) in [6.45, 7) is 6.93. The summed E-state index contributed by atoms with van der Waals surface area (Å²) < 4.78 is 0. The van der Waals surface area contributed by atoms with Gasteiger partial charge in [0.25, 0.3) is 0 Å². The number of benzene rings is 1. The maximum Gasteiger partial charge on any atom is 0.0194 e. The van der Waals surface area contributed by atoms with Gasteiger partial charge in [0.05, 0.1) is 0 Å². The third-order valence-corrected chi connectivity index (χ3v) is 6.59. The van der Waals surface area contributed by atoms with E-state index in [1.165, 1.54) is 23.5 Å². The highest BCUT2D eigenvalue weighted by atomic mass is 79.9. The monoisotopic (exact) mass is 312 g/mol. The molecule has 0 amide bonds. The van der Waals surface area contributed by atoms with Crippen molar-refractivity contribution < 1.29 is 0 Å². The van der Waals surface area contributed by atoms with Gasteiger partial charge in [0.15, 0.2) is 0 Å². The van der Waals surface area contributed by atoms with Gasteiger partial charge in [-0.25, -0.2) is 0 Å². The molecular weight excluding hydrogens is 292 g/mol. The van der Waals surface area contributed by atoms with Crippen LogP contribution in [0.3, 0.4) is 0 Å². The molecule has 0 saturated carbocycles. The van der Waals surface area contributed by atoms with Crippen molar-refractivity contribution in [3.63, 3.8) is 0 Å². The molecule has 0 saturated heterocycles. The Morgan fingerprint density at radius 2 is 2.06 bits per heavy atom. The number of halogens is 1. The van der Waals surface area contributed by atoms with E-state index in [0.717, 1.165) is 5.92 Å². The molecule has 1 aromatic carbocycles. The lowest BCUT2D eigenvalue weighted by atomic mass is 9.86. The molecule has 2 heteroatoms. The van der Waals surface area contributed by atoms with Crippen molar-refractivity contribution in [2.75, 3.05) is 5.75 Å². The molecule has 17 heavy (non-hydrogen) atoms. The molecule has 1 aliphatic heterocycles. The van der Waals surface area contributed by atoms with Gasteiger partial charge in [0.1, 0.15) is 0 Å². The van der Waals surface area contributed by atoms with Crippen LogP contribution >= 0.6 is 27.7 Å². The number of hydrogen-bond donors (Lipinski definition) is 0. The average Bonchev–Trinajstić information content (AvgIpc) is 2.68. The van der Waals surface area contributed by atoms with Crippen molar-refractivity contribution in [3.05, 3.63) is 29.8 Å². The minimum absolute atomic E-state index is 0.366. The molecule has 2 atom stereocenters. The summed E-state index contributed by atoms with van der Waals surface area (Å²) in [5, 5.41) is 0. The fraction of sp³-hybridized carbons (Fsp3) is 0.600. The highest BCUT2D eigenvalue weighted by Crippen LogP contribution is 2.43. The molecule has 0 spiro atoms. The SMILES string of the molecule is CC(C)(C)C(Br)CCC1CSc2ccccc21. The zero-order chi connectivity index (χ0) is 12.5. The van der Waals surface area contributed by atoms with E-state index >= 15 is 0 Å². The van der Waals surface area contributed by atoms with E-state index in [9.17, 15) is 0 Å². The summed E-state index contributed by atoms with van der Waals surface area (Å²) in [5.74, 6) is 2.03. The minimum atomic E-state index is 0.366. The molecule has 0 aliphatic carbocycles. The molecule has 0 bridgehead atoms. The molecule has 1 aromatic rings. The number of alkyl halides is 1. The fourth-order valence-corrected chi connectivity index (χ4v) is 3.82. The van der Waals surface area contributed by atoms with Crippen LogP contribution in [0.1, 0.15) is 45.1 Å². The van der Waals surface area contributed by atoms with Gasteiger partial charge < -0.3 is 0 Å². The molecule has 1 heterocycles. The minimum Gasteiger partial charge on any atom is -0.125 e. The van der Waals surface area contributed by atoms with Gasteiger partial charge in [-0.05, 0) is 35.8 Å². The smallest absolute Gasteiger partial charge is 0.0194 e. The lowest BCUT2D eigenvalue weighted by Crippen LogP contribution is -2.20. The van der Waals surface area contributed by atoms with E-state index in [1.807, 2.05) is 11.8 Å². The fourth-order valence-electron chi connectivity index (χ4n) is 2.25. The molecule has 0 aromatic heterocycles. The summed E-state index contributed by atoms with van der Waals surface area (Å²) >= 11 is 5.86. The number of rotatable bonds is 3. The van der Waals surface area contributed by atoms with Gasteiger partial charge in [-0.2, -0.15) is 0 Å². The average molecular weight is 313 g/mol. The number of thioether (sulfide) groups is 1. The van der Waals surface area contributed by atoms with Gasteiger partial charge in [0, 0.05) is 15.5 Å². The van der Waals surface area contributed by atoms with E-state index in [2.05, 4.69) is 61.0 Å². The van der Waals surface area contributed by atoms with Crippen LogP contribution in [-0.4, -0.2) is 10.6 Å². The Kier molecular flexibility index (Phi) is 4.25. The van der Waals surface area contributed by atoms with Crippen molar-refractivity contribution >= 4 is 27.7 Å². The summed E-state index contributed by atoms with van der Waals surface area (Å²) in [6, 6.07) is 8.89. The Hall–Kier alpha value is 0.0500. The van der Waals surface area contributed by atoms with Crippen LogP contribution in [0.5, 0.6) is 0 Å². The Bertz CT molecular complexity index is 381. The second kappa shape index (κ2) is 5.36. The first kappa shape index (κ1) is 13.5. The summed E-state index contributed by atoms with van der Waals surface area (Å²) in [4.78, 5) is 2.12. The number of fused-ring (bicyclic) bond motifs is 1. The Morgan fingerprint density at radius 3 is 2.76 bits per heavy atom. The first-order chi connectivity index (χ1) is 7.98. The van der Waals surface area contributed by atoms with E-state index in [1.54, 1.807) is 5.56 Å². The van der Waals surface area contributed by atoms with Crippen LogP contribution < -0.4 is 0 Å². The second-order valence-corrected chi connectivity index (χ2v) is 8.12. The summed E-state index contributed by atoms with van der Waals surface area (Å²) in [6.07, 6.45) is 2.57. The van der Waals surface area contributed by atoms with Gasteiger partial charge in [-0.3, -0.25) is 0 Å². The van der Waals surface area contributed by atoms with Crippen LogP contribution in [-0.2, 0) is 0 Å². The van der Waals surface area contributed by atoms with E-state index < -0.39 is 0 Å². The molecular formula is C15H21BrS. The van der Waals surface area contributed by atoms with Crippen LogP contribution in [0, 0.1) is 5.41 Å². The standard InChI is InChI=1S/C15H21BrS/c1-15(2,3)14(16)9-8-11-10-17-13-7-5-4-6-12(11)13/h4-7,11,14H,8-10H2,1-3H3. The van der Waals surface area contributed by atoms with Crippen LogP contribution in [0.4, 0.5) is 0 Å². The molecule has 2 unspecified atom stereocenters. The third-order valence-electron chi connectivity index (χ3n) is 3.51. The molecule has 0 radical (unpaired) electrons. The van der Waals surface area contributed by atoms with Crippen LogP contribution in [0.25, 0.3) is 0 Å². The van der Waals surface area contributed by atoms with Crippen LogP contribution in [0.15, 0.2) is 29.2 Å². The van der Waals surface area contributed by atoms with Gasteiger partial charge in [0.2, 0.25) is 0 Å². The zero-order valence-corrected chi connectivity index (χ0v) is 13.3. The number of hydrogen-bond acceptors (Lipinski definition) is 1. The first-order valence-electron chi connectivity index (χ1n) is 6.34. The first-order valence-corrected chi connectivity index (χ1v) is 8.24. The predicted molar refractivity (Wildman–Crippen MR) is 81.3 cm³/mol. The Morgan fingerprint density at radius 1 is 1.35 bits per heavy atom. The van der Waals surface area contributed by atoms with Crippen molar-refractivity contribution in [2.45, 2.75) is 49.3 Å². The topological polar surface area (TPSA) is 0 Å². The second-order valence-electron chi connectivity index (χ2n) is 5.96. The van der Waals surface area contributed by atoms with Gasteiger partial charge in [-0.1, -0.05) is 54.9 Å². The van der Waals surface area contributed by atoms with E-state index in [4.69, 9.17) is 0 Å². The predicted octanol–water partition coefficient (Wildman–Crippen LogP) is 5.47. The molecule has 94 valence electrons. The maximum atomic E-state index is 3.84. The van der Waals surface area contributed by atoms with Crippen molar-refractivity contribution in [1.82, 2.24) is 0 Å². The quantitative estimate of drug-likeness (QED) is 0.667. The van der Waals surface area contributed by atoms with Crippen molar-refractivity contribution in [2.24, 2.45) is 5.41 Å². The maximum absolute atomic E-state index is 3.84. The highest BCUT2D eigenvalue weighted by Gasteiger charge is 2.26. The third kappa shape index (κ3) is 3.29. The summed E-state index contributed by atoms with van der Waals surface area (Å²) in [7, 11) is 0. The molecule has 1 aliphatic rings. The summed E-state index contributed by atoms with van der Waals surface area (Å²) in [5.41, 5.74) is 1.94. The van der Waals surface area contributed by atoms with Gasteiger partial charge in [-0.15, -0.1) is 11.8 Å². The lowest BCUT2D eigenvalue weighted by Gasteiger charge is -2.26. The Labute approximate surface area is 118 Å². The van der Waals surface area contributed by atoms with E-state index in [-0.39, 0.29) is 0 Å². The van der Waals surface area contributed by atoms with Crippen molar-refractivity contribution in [1.29, 1.82) is 0 Å². The molecule has 0 fully saturated rings. The van der Waals surface area contributed by atoms with Crippen molar-refractivity contribution in [3.8, 4) is 0 Å². The lowest BCUT2D eigenvalue weighted by molar-refractivity contribution is 0.375. The van der Waals surface area contributed by atoms with E-state index in [0.29, 0.717) is 10.2 Å². The Balaban J connectivity index is 1.94. The molecule has 0 nitrogen and oxygen atoms in total. The molecule has 2 rings (SSSR count). The normalized spacial score (nSPS) is 21.3.